The number of aromatic nitrogens is 2. The van der Waals surface area contributed by atoms with Gasteiger partial charge in [-0.05, 0) is 33.6 Å². The summed E-state index contributed by atoms with van der Waals surface area (Å²) in [5.74, 6) is -0.338. The average molecular weight is 356 g/mol. The number of ether oxygens (including phenoxy) is 1. The molecule has 0 radical (unpaired) electrons. The fraction of sp³-hybridized carbons (Fsp3) is 0.667. The molecule has 1 saturated heterocycles. The Morgan fingerprint density at radius 3 is 2.25 bits per heavy atom. The van der Waals surface area contributed by atoms with Gasteiger partial charge in [-0.2, -0.15) is 9.97 Å². The molecule has 0 aliphatic carbocycles. The summed E-state index contributed by atoms with van der Waals surface area (Å²) in [4.78, 5) is 20.9. The van der Waals surface area contributed by atoms with Gasteiger partial charge >= 0.3 is 6.01 Å². The fourth-order valence-electron chi connectivity index (χ4n) is 2.73. The maximum atomic E-state index is 12.5. The first-order chi connectivity index (χ1) is 11.2. The van der Waals surface area contributed by atoms with E-state index in [1.165, 1.54) is 10.6 Å². The highest BCUT2D eigenvalue weighted by Crippen LogP contribution is 2.24. The first kappa shape index (κ1) is 18.6. The molecule has 0 aromatic carbocycles. The van der Waals surface area contributed by atoms with Crippen LogP contribution in [0.5, 0.6) is 6.01 Å². The molecule has 1 fully saturated rings. The van der Waals surface area contributed by atoms with Crippen molar-refractivity contribution in [2.24, 2.45) is 5.92 Å². The van der Waals surface area contributed by atoms with Gasteiger partial charge in [0.15, 0.2) is 0 Å². The predicted molar refractivity (Wildman–Crippen MR) is 90.4 cm³/mol. The molecule has 2 rings (SSSR count). The molecule has 0 atom stereocenters. The zero-order valence-electron chi connectivity index (χ0n) is 14.5. The summed E-state index contributed by atoms with van der Waals surface area (Å²) in [5.41, 5.74) is 1.88. The lowest BCUT2D eigenvalue weighted by atomic mass is 9.97. The molecule has 2 heterocycles. The van der Waals surface area contributed by atoms with Crippen LogP contribution in [-0.2, 0) is 14.8 Å². The van der Waals surface area contributed by atoms with Crippen LogP contribution < -0.4 is 10.1 Å². The largest absolute Gasteiger partial charge is 0.464 e. The molecule has 0 spiro atoms. The van der Waals surface area contributed by atoms with Crippen LogP contribution in [0.2, 0.25) is 0 Å². The minimum absolute atomic E-state index is 0.123. The Balaban J connectivity index is 2.03. The average Bonchev–Trinajstić information content (AvgIpc) is 2.50. The summed E-state index contributed by atoms with van der Waals surface area (Å²) >= 11 is 0. The minimum Gasteiger partial charge on any atom is -0.464 e. The summed E-state index contributed by atoms with van der Waals surface area (Å²) < 4.78 is 29.8. The number of nitrogens with one attached hydrogen (secondary N) is 1. The molecule has 1 aromatic rings. The number of nitrogens with zero attached hydrogens (tertiary/aromatic N) is 3. The monoisotopic (exact) mass is 356 g/mol. The lowest BCUT2D eigenvalue weighted by molar-refractivity contribution is -0.120. The quantitative estimate of drug-likeness (QED) is 0.848. The molecule has 0 bridgehead atoms. The number of anilines is 1. The van der Waals surface area contributed by atoms with Crippen molar-refractivity contribution in [1.82, 2.24) is 14.3 Å². The first-order valence-electron chi connectivity index (χ1n) is 7.96. The van der Waals surface area contributed by atoms with Crippen LogP contribution in [0.25, 0.3) is 0 Å². The topological polar surface area (TPSA) is 101 Å². The van der Waals surface area contributed by atoms with Gasteiger partial charge in [0.2, 0.25) is 15.9 Å². The number of hydrogen-bond donors (Lipinski definition) is 1. The molecule has 1 aliphatic rings. The Bertz CT molecular complexity index is 689. The van der Waals surface area contributed by atoms with Crippen LogP contribution in [0.1, 0.15) is 31.2 Å². The lowest BCUT2D eigenvalue weighted by Gasteiger charge is -2.29. The number of piperidine rings is 1. The zero-order valence-corrected chi connectivity index (χ0v) is 15.3. The predicted octanol–water partition coefficient (Wildman–Crippen LogP) is 1.10. The second-order valence-electron chi connectivity index (χ2n) is 5.91. The standard InChI is InChI=1S/C15H24N4O4S/c1-5-23-15-16-10(2)13(11(3)17-15)18-14(20)12-6-8-19(9-7-12)24(4,21)22/h12H,5-9H2,1-4H3,(H,18,20). The van der Waals surface area contributed by atoms with Gasteiger partial charge in [0, 0.05) is 19.0 Å². The van der Waals surface area contributed by atoms with Gasteiger partial charge in [-0.25, -0.2) is 12.7 Å². The summed E-state index contributed by atoms with van der Waals surface area (Å²) in [7, 11) is -3.19. The van der Waals surface area contributed by atoms with E-state index in [1.54, 1.807) is 13.8 Å². The highest BCUT2D eigenvalue weighted by atomic mass is 32.2. The molecule has 0 unspecified atom stereocenters. The summed E-state index contributed by atoms with van der Waals surface area (Å²) in [5, 5.41) is 2.88. The van der Waals surface area contributed by atoms with E-state index in [0.717, 1.165) is 0 Å². The molecule has 1 aromatic heterocycles. The highest BCUT2D eigenvalue weighted by molar-refractivity contribution is 7.88. The molecule has 24 heavy (non-hydrogen) atoms. The Hall–Kier alpha value is -1.74. The van der Waals surface area contributed by atoms with Crippen molar-refractivity contribution in [3.05, 3.63) is 11.4 Å². The van der Waals surface area contributed by atoms with Crippen molar-refractivity contribution in [1.29, 1.82) is 0 Å². The Morgan fingerprint density at radius 1 is 1.25 bits per heavy atom. The van der Waals surface area contributed by atoms with Crippen molar-refractivity contribution < 1.29 is 17.9 Å². The maximum absolute atomic E-state index is 12.5. The summed E-state index contributed by atoms with van der Waals surface area (Å²) in [6.45, 7) is 6.65. The molecular weight excluding hydrogens is 332 g/mol. The molecule has 1 N–H and O–H groups in total. The fourth-order valence-corrected chi connectivity index (χ4v) is 3.61. The molecular formula is C15H24N4O4S. The van der Waals surface area contributed by atoms with Crippen LogP contribution >= 0.6 is 0 Å². The smallest absolute Gasteiger partial charge is 0.316 e. The highest BCUT2D eigenvalue weighted by Gasteiger charge is 2.29. The second kappa shape index (κ2) is 7.43. The van der Waals surface area contributed by atoms with E-state index in [0.29, 0.717) is 55.6 Å². The van der Waals surface area contributed by atoms with Crippen molar-refractivity contribution in [3.63, 3.8) is 0 Å². The van der Waals surface area contributed by atoms with E-state index in [2.05, 4.69) is 15.3 Å². The van der Waals surface area contributed by atoms with Crippen molar-refractivity contribution in [3.8, 4) is 6.01 Å². The van der Waals surface area contributed by atoms with Gasteiger partial charge < -0.3 is 10.1 Å². The van der Waals surface area contributed by atoms with E-state index < -0.39 is 10.0 Å². The number of sulfonamides is 1. The SMILES string of the molecule is CCOc1nc(C)c(NC(=O)C2CCN(S(C)(=O)=O)CC2)c(C)n1. The molecule has 0 saturated carbocycles. The second-order valence-corrected chi connectivity index (χ2v) is 7.89. The van der Waals surface area contributed by atoms with E-state index in [4.69, 9.17) is 4.74 Å². The number of amides is 1. The van der Waals surface area contributed by atoms with E-state index in [-0.39, 0.29) is 11.8 Å². The van der Waals surface area contributed by atoms with Gasteiger partial charge in [0.05, 0.1) is 29.9 Å². The molecule has 8 nitrogen and oxygen atoms in total. The maximum Gasteiger partial charge on any atom is 0.316 e. The third kappa shape index (κ3) is 4.41. The number of rotatable bonds is 5. The Kier molecular flexibility index (Phi) is 5.76. The third-order valence-electron chi connectivity index (χ3n) is 4.07. The van der Waals surface area contributed by atoms with Crippen LogP contribution in [0, 0.1) is 19.8 Å². The Labute approximate surface area is 142 Å². The van der Waals surface area contributed by atoms with Crippen LogP contribution in [0.4, 0.5) is 5.69 Å². The van der Waals surface area contributed by atoms with Crippen LogP contribution in [0.15, 0.2) is 0 Å². The van der Waals surface area contributed by atoms with E-state index in [1.807, 2.05) is 6.92 Å². The summed E-state index contributed by atoms with van der Waals surface area (Å²) in [6, 6.07) is 0.298. The van der Waals surface area contributed by atoms with Gasteiger partial charge in [-0.3, -0.25) is 4.79 Å². The first-order valence-corrected chi connectivity index (χ1v) is 9.81. The van der Waals surface area contributed by atoms with Gasteiger partial charge in [-0.1, -0.05) is 0 Å². The van der Waals surface area contributed by atoms with Crippen molar-refractivity contribution >= 4 is 21.6 Å². The van der Waals surface area contributed by atoms with Crippen molar-refractivity contribution in [2.75, 3.05) is 31.3 Å². The Morgan fingerprint density at radius 2 is 1.79 bits per heavy atom. The molecule has 9 heteroatoms. The minimum atomic E-state index is -3.19. The lowest BCUT2D eigenvalue weighted by Crippen LogP contribution is -2.41. The van der Waals surface area contributed by atoms with Crippen molar-refractivity contribution in [2.45, 2.75) is 33.6 Å². The molecule has 134 valence electrons. The van der Waals surface area contributed by atoms with Gasteiger partial charge in [-0.15, -0.1) is 0 Å². The number of carbonyl (C=O) groups is 1. The number of carbonyl (C=O) groups excluding carboxylic acids is 1. The molecule has 1 aliphatic heterocycles. The normalized spacial score (nSPS) is 16.8. The third-order valence-corrected chi connectivity index (χ3v) is 5.37. The van der Waals surface area contributed by atoms with Crippen LogP contribution in [-0.4, -0.2) is 54.6 Å². The number of hydrogen-bond acceptors (Lipinski definition) is 6. The van der Waals surface area contributed by atoms with Gasteiger partial charge in [0.25, 0.3) is 0 Å². The summed E-state index contributed by atoms with van der Waals surface area (Å²) in [6.07, 6.45) is 2.21. The van der Waals surface area contributed by atoms with E-state index in [9.17, 15) is 13.2 Å². The zero-order chi connectivity index (χ0) is 17.9. The van der Waals surface area contributed by atoms with Gasteiger partial charge in [0.1, 0.15) is 0 Å². The van der Waals surface area contributed by atoms with Crippen LogP contribution in [0.3, 0.4) is 0 Å². The molecule has 1 amide bonds. The number of aryl methyl sites for hydroxylation is 2. The van der Waals surface area contributed by atoms with E-state index >= 15 is 0 Å².